The van der Waals surface area contributed by atoms with E-state index in [-0.39, 0.29) is 5.91 Å². The fourth-order valence-electron chi connectivity index (χ4n) is 3.78. The van der Waals surface area contributed by atoms with Gasteiger partial charge in [0.2, 0.25) is 5.95 Å². The Morgan fingerprint density at radius 2 is 1.85 bits per heavy atom. The lowest BCUT2D eigenvalue weighted by atomic mass is 10.2. The van der Waals surface area contributed by atoms with Crippen LogP contribution < -0.4 is 4.90 Å². The van der Waals surface area contributed by atoms with E-state index in [1.807, 2.05) is 34.8 Å². The molecule has 0 N–H and O–H groups in total. The highest BCUT2D eigenvalue weighted by molar-refractivity contribution is 5.98. The summed E-state index contributed by atoms with van der Waals surface area (Å²) in [6.45, 7) is 6.40. The van der Waals surface area contributed by atoms with Gasteiger partial charge in [-0.2, -0.15) is 0 Å². The number of anilines is 1. The smallest absolute Gasteiger partial charge is 0.256 e. The van der Waals surface area contributed by atoms with Crippen molar-refractivity contribution in [1.82, 2.24) is 24.3 Å². The average Bonchev–Trinajstić information content (AvgIpc) is 2.99. The second-order valence-corrected chi connectivity index (χ2v) is 7.11. The van der Waals surface area contributed by atoms with Gasteiger partial charge in [0, 0.05) is 64.9 Å². The highest BCUT2D eigenvalue weighted by atomic mass is 16.2. The Hall–Kier alpha value is -2.67. The van der Waals surface area contributed by atoms with Crippen LogP contribution in [0.1, 0.15) is 22.5 Å². The molecule has 0 unspecified atom stereocenters. The molecule has 1 saturated heterocycles. The van der Waals surface area contributed by atoms with Gasteiger partial charge in [0.05, 0.1) is 11.3 Å². The summed E-state index contributed by atoms with van der Waals surface area (Å²) in [5.41, 5.74) is 1.81. The van der Waals surface area contributed by atoms with Crippen molar-refractivity contribution in [2.75, 3.05) is 50.7 Å². The largest absolute Gasteiger partial charge is 0.350 e. The number of rotatable bonds is 5. The van der Waals surface area contributed by atoms with Crippen molar-refractivity contribution in [2.45, 2.75) is 6.42 Å². The lowest BCUT2D eigenvalue weighted by Crippen LogP contribution is -2.47. The van der Waals surface area contributed by atoms with Crippen LogP contribution in [0, 0.1) is 0 Å². The maximum Gasteiger partial charge on any atom is 0.256 e. The monoisotopic (exact) mass is 366 g/mol. The van der Waals surface area contributed by atoms with Crippen LogP contribution in [0.5, 0.6) is 0 Å². The van der Waals surface area contributed by atoms with Gasteiger partial charge >= 0.3 is 0 Å². The number of carbonyl (C=O) groups is 1. The van der Waals surface area contributed by atoms with Crippen molar-refractivity contribution in [3.8, 4) is 0 Å². The molecule has 0 saturated carbocycles. The van der Waals surface area contributed by atoms with Crippen molar-refractivity contribution in [1.29, 1.82) is 0 Å². The van der Waals surface area contributed by atoms with Crippen LogP contribution in [-0.4, -0.2) is 76.1 Å². The van der Waals surface area contributed by atoms with E-state index in [0.29, 0.717) is 6.54 Å². The van der Waals surface area contributed by atoms with E-state index in [4.69, 9.17) is 0 Å². The minimum Gasteiger partial charge on any atom is -0.350 e. The second-order valence-electron chi connectivity index (χ2n) is 7.11. The predicted molar refractivity (Wildman–Crippen MR) is 106 cm³/mol. The number of nitrogens with zero attached hydrogens (tertiary/aromatic N) is 6. The Morgan fingerprint density at radius 3 is 2.63 bits per heavy atom. The van der Waals surface area contributed by atoms with E-state index >= 15 is 0 Å². The molecule has 27 heavy (non-hydrogen) atoms. The fraction of sp³-hybridized carbons (Fsp3) is 0.450. The number of aromatic nitrogens is 3. The molecular formula is C20H26N6O. The molecule has 0 aliphatic carbocycles. The van der Waals surface area contributed by atoms with Gasteiger partial charge in [-0.25, -0.2) is 9.97 Å². The molecule has 2 aliphatic rings. The first-order chi connectivity index (χ1) is 13.2. The molecule has 1 amide bonds. The van der Waals surface area contributed by atoms with Crippen LogP contribution in [-0.2, 0) is 7.05 Å². The Balaban J connectivity index is 1.25. The lowest BCUT2D eigenvalue weighted by Gasteiger charge is -2.35. The molecule has 7 heteroatoms. The summed E-state index contributed by atoms with van der Waals surface area (Å²) >= 11 is 0. The quantitative estimate of drug-likeness (QED) is 0.803. The zero-order chi connectivity index (χ0) is 18.6. The number of amides is 1. The highest BCUT2D eigenvalue weighted by Gasteiger charge is 2.22. The van der Waals surface area contributed by atoms with Gasteiger partial charge in [0.1, 0.15) is 0 Å². The van der Waals surface area contributed by atoms with Crippen molar-refractivity contribution in [3.63, 3.8) is 0 Å². The molecule has 0 radical (unpaired) electrons. The van der Waals surface area contributed by atoms with Crippen LogP contribution in [0.15, 0.2) is 36.8 Å². The van der Waals surface area contributed by atoms with E-state index < -0.39 is 0 Å². The first kappa shape index (κ1) is 17.7. The summed E-state index contributed by atoms with van der Waals surface area (Å²) in [6.07, 6.45) is 10.7. The molecule has 7 nitrogen and oxygen atoms in total. The standard InChI is InChI=1S/C20H26N6O/c1-23-12-6-17-18(23)5-2-10-25(19(17)27)11-4-9-24-13-15-26(16-14-24)20-21-7-3-8-22-20/h2-3,5-8,12H,4,9-11,13-16H2,1H3. The average molecular weight is 366 g/mol. The predicted octanol–water partition coefficient (Wildman–Crippen LogP) is 1.50. The molecule has 1 fully saturated rings. The third kappa shape index (κ3) is 3.88. The number of aryl methyl sites for hydroxylation is 1. The third-order valence-corrected chi connectivity index (χ3v) is 5.35. The van der Waals surface area contributed by atoms with Gasteiger partial charge in [-0.1, -0.05) is 6.08 Å². The maximum atomic E-state index is 12.8. The second kappa shape index (κ2) is 7.92. The molecule has 4 heterocycles. The van der Waals surface area contributed by atoms with Crippen LogP contribution in [0.2, 0.25) is 0 Å². The van der Waals surface area contributed by atoms with Gasteiger partial charge in [-0.15, -0.1) is 0 Å². The number of fused-ring (bicyclic) bond motifs is 1. The fourth-order valence-corrected chi connectivity index (χ4v) is 3.78. The van der Waals surface area contributed by atoms with Gasteiger partial charge in [0.25, 0.3) is 5.91 Å². The Kier molecular flexibility index (Phi) is 5.20. The summed E-state index contributed by atoms with van der Waals surface area (Å²) < 4.78 is 2.00. The molecule has 0 aromatic carbocycles. The molecule has 2 aromatic rings. The van der Waals surface area contributed by atoms with Gasteiger partial charge in [0.15, 0.2) is 0 Å². The summed E-state index contributed by atoms with van der Waals surface area (Å²) in [5.74, 6) is 0.958. The summed E-state index contributed by atoms with van der Waals surface area (Å²) in [5, 5.41) is 0. The van der Waals surface area contributed by atoms with Crippen LogP contribution in [0.3, 0.4) is 0 Å². The number of hydrogen-bond acceptors (Lipinski definition) is 5. The van der Waals surface area contributed by atoms with Gasteiger partial charge in [-0.3, -0.25) is 9.69 Å². The Bertz CT molecular complexity index is 807. The van der Waals surface area contributed by atoms with E-state index in [1.165, 1.54) is 0 Å². The minimum atomic E-state index is 0.140. The third-order valence-electron chi connectivity index (χ3n) is 5.35. The van der Waals surface area contributed by atoms with Crippen molar-refractivity contribution in [3.05, 3.63) is 48.1 Å². The molecule has 0 bridgehead atoms. The highest BCUT2D eigenvalue weighted by Crippen LogP contribution is 2.18. The van der Waals surface area contributed by atoms with E-state index in [0.717, 1.165) is 62.9 Å². The van der Waals surface area contributed by atoms with E-state index in [9.17, 15) is 4.79 Å². The Labute approximate surface area is 159 Å². The van der Waals surface area contributed by atoms with Crippen molar-refractivity contribution >= 4 is 17.9 Å². The molecule has 2 aliphatic heterocycles. The van der Waals surface area contributed by atoms with Gasteiger partial charge < -0.3 is 14.4 Å². The van der Waals surface area contributed by atoms with Crippen LogP contribution in [0.25, 0.3) is 6.08 Å². The van der Waals surface area contributed by atoms with Gasteiger partial charge in [-0.05, 0) is 31.2 Å². The topological polar surface area (TPSA) is 57.5 Å². The van der Waals surface area contributed by atoms with E-state index in [2.05, 4.69) is 31.9 Å². The maximum absolute atomic E-state index is 12.8. The minimum absolute atomic E-state index is 0.140. The molecule has 142 valence electrons. The summed E-state index contributed by atoms with van der Waals surface area (Å²) in [7, 11) is 1.98. The zero-order valence-corrected chi connectivity index (χ0v) is 15.8. The molecular weight excluding hydrogens is 340 g/mol. The van der Waals surface area contributed by atoms with E-state index in [1.54, 1.807) is 12.4 Å². The Morgan fingerprint density at radius 1 is 1.07 bits per heavy atom. The molecule has 0 spiro atoms. The lowest BCUT2D eigenvalue weighted by molar-refractivity contribution is 0.0767. The number of piperazine rings is 1. The molecule has 4 rings (SSSR count). The SMILES string of the molecule is Cn1ccc2c1C=CCN(CCCN1CCN(c3ncccn3)CC1)C2=O. The normalized spacial score (nSPS) is 17.9. The van der Waals surface area contributed by atoms with Crippen molar-refractivity contribution < 1.29 is 4.79 Å². The van der Waals surface area contributed by atoms with Crippen molar-refractivity contribution in [2.24, 2.45) is 7.05 Å². The number of hydrogen-bond donors (Lipinski definition) is 0. The van der Waals surface area contributed by atoms with Crippen LogP contribution in [0.4, 0.5) is 5.95 Å². The zero-order valence-electron chi connectivity index (χ0n) is 15.8. The molecule has 0 atom stereocenters. The summed E-state index contributed by atoms with van der Waals surface area (Å²) in [4.78, 5) is 28.1. The van der Waals surface area contributed by atoms with Crippen LogP contribution >= 0.6 is 0 Å². The first-order valence-electron chi connectivity index (χ1n) is 9.58. The summed E-state index contributed by atoms with van der Waals surface area (Å²) in [6, 6.07) is 3.77. The molecule has 2 aromatic heterocycles. The first-order valence-corrected chi connectivity index (χ1v) is 9.58. The number of carbonyl (C=O) groups excluding carboxylic acids is 1.